The lowest BCUT2D eigenvalue weighted by molar-refractivity contribution is -0.139. The van der Waals surface area contributed by atoms with E-state index in [4.69, 9.17) is 5.11 Å². The predicted octanol–water partition coefficient (Wildman–Crippen LogP) is 1.88. The van der Waals surface area contributed by atoms with Crippen molar-refractivity contribution in [3.8, 4) is 0 Å². The Hall–Kier alpha value is -0.570. The van der Waals surface area contributed by atoms with Crippen LogP contribution in [0.25, 0.3) is 0 Å². The Morgan fingerprint density at radius 1 is 1.54 bits per heavy atom. The van der Waals surface area contributed by atoms with Crippen molar-refractivity contribution in [3.05, 3.63) is 0 Å². The molecule has 2 N–H and O–H groups in total. The van der Waals surface area contributed by atoms with E-state index in [2.05, 4.69) is 12.2 Å². The van der Waals surface area contributed by atoms with E-state index in [9.17, 15) is 4.79 Å². The van der Waals surface area contributed by atoms with E-state index in [0.29, 0.717) is 5.92 Å². The zero-order valence-electron chi connectivity index (χ0n) is 9.05. The van der Waals surface area contributed by atoms with Gasteiger partial charge in [0.25, 0.3) is 0 Å². The Bertz CT molecular complexity index is 168. The van der Waals surface area contributed by atoms with Gasteiger partial charge in [-0.1, -0.05) is 20.8 Å². The quantitative estimate of drug-likeness (QED) is 0.667. The second-order valence-electron chi connectivity index (χ2n) is 4.07. The van der Waals surface area contributed by atoms with E-state index in [1.54, 1.807) is 0 Å². The van der Waals surface area contributed by atoms with Crippen LogP contribution in [0.2, 0.25) is 0 Å². The van der Waals surface area contributed by atoms with Gasteiger partial charge >= 0.3 is 5.97 Å². The molecule has 0 radical (unpaired) electrons. The first-order valence-corrected chi connectivity index (χ1v) is 4.89. The van der Waals surface area contributed by atoms with E-state index >= 15 is 0 Å². The molecule has 0 amide bonds. The largest absolute Gasteiger partial charge is 0.481 e. The van der Waals surface area contributed by atoms with Gasteiger partial charge in [-0.05, 0) is 25.8 Å². The maximum absolute atomic E-state index is 10.6. The molecule has 0 bridgehead atoms. The molecule has 0 aliphatic heterocycles. The van der Waals surface area contributed by atoms with Crippen LogP contribution < -0.4 is 5.32 Å². The lowest BCUT2D eigenvalue weighted by atomic mass is 9.85. The molecule has 0 saturated heterocycles. The molecule has 1 atom stereocenters. The van der Waals surface area contributed by atoms with Gasteiger partial charge in [-0.25, -0.2) is 0 Å². The summed E-state index contributed by atoms with van der Waals surface area (Å²) >= 11 is 0. The monoisotopic (exact) mass is 187 g/mol. The number of hydrogen-bond acceptors (Lipinski definition) is 2. The summed E-state index contributed by atoms with van der Waals surface area (Å²) in [4.78, 5) is 10.6. The molecule has 3 heteroatoms. The number of carbonyl (C=O) groups is 1. The van der Waals surface area contributed by atoms with Crippen molar-refractivity contribution in [2.45, 2.75) is 46.1 Å². The Labute approximate surface area is 80.5 Å². The highest BCUT2D eigenvalue weighted by Gasteiger charge is 2.29. The smallest absolute Gasteiger partial charge is 0.305 e. The highest BCUT2D eigenvalue weighted by atomic mass is 16.4. The van der Waals surface area contributed by atoms with Crippen LogP contribution in [0.15, 0.2) is 0 Å². The van der Waals surface area contributed by atoms with Gasteiger partial charge in [0.15, 0.2) is 0 Å². The van der Waals surface area contributed by atoms with Crippen LogP contribution in [-0.2, 0) is 4.79 Å². The molecule has 0 spiro atoms. The fraction of sp³-hybridized carbons (Fsp3) is 0.900. The number of rotatable bonds is 6. The number of nitrogens with one attached hydrogen (secondary N) is 1. The van der Waals surface area contributed by atoms with Crippen LogP contribution >= 0.6 is 0 Å². The van der Waals surface area contributed by atoms with Crippen molar-refractivity contribution in [3.63, 3.8) is 0 Å². The summed E-state index contributed by atoms with van der Waals surface area (Å²) in [5, 5.41) is 12.1. The third-order valence-electron chi connectivity index (χ3n) is 2.57. The zero-order chi connectivity index (χ0) is 10.5. The Balaban J connectivity index is 4.24. The minimum absolute atomic E-state index is 0.185. The third kappa shape index (κ3) is 4.27. The standard InChI is InChI=1S/C10H21NO2/c1-5-6-11-10(4,8(2)3)7-9(12)13/h8,11H,5-7H2,1-4H3,(H,12,13). The van der Waals surface area contributed by atoms with Gasteiger partial charge in [0.2, 0.25) is 0 Å². The van der Waals surface area contributed by atoms with Gasteiger partial charge < -0.3 is 10.4 Å². The first-order valence-electron chi connectivity index (χ1n) is 4.89. The van der Waals surface area contributed by atoms with Crippen LogP contribution in [0.5, 0.6) is 0 Å². The Kier molecular flexibility index (Phi) is 4.99. The second-order valence-corrected chi connectivity index (χ2v) is 4.07. The molecule has 0 fully saturated rings. The van der Waals surface area contributed by atoms with Crippen LogP contribution in [-0.4, -0.2) is 23.2 Å². The number of hydrogen-bond donors (Lipinski definition) is 2. The fourth-order valence-electron chi connectivity index (χ4n) is 1.20. The van der Waals surface area contributed by atoms with Gasteiger partial charge in [0, 0.05) is 5.54 Å². The van der Waals surface area contributed by atoms with E-state index in [-0.39, 0.29) is 12.0 Å². The molecular formula is C10H21NO2. The highest BCUT2D eigenvalue weighted by molar-refractivity contribution is 5.68. The molecule has 0 aromatic heterocycles. The first-order chi connectivity index (χ1) is 5.92. The van der Waals surface area contributed by atoms with Crippen molar-refractivity contribution in [1.29, 1.82) is 0 Å². The minimum atomic E-state index is -0.736. The third-order valence-corrected chi connectivity index (χ3v) is 2.57. The average Bonchev–Trinajstić information content (AvgIpc) is 1.99. The van der Waals surface area contributed by atoms with Crippen molar-refractivity contribution < 1.29 is 9.90 Å². The van der Waals surface area contributed by atoms with E-state index in [1.807, 2.05) is 20.8 Å². The number of carboxylic acid groups (broad SMARTS) is 1. The summed E-state index contributed by atoms with van der Waals surface area (Å²) in [6.45, 7) is 9.02. The summed E-state index contributed by atoms with van der Waals surface area (Å²) in [6, 6.07) is 0. The lowest BCUT2D eigenvalue weighted by Crippen LogP contribution is -2.48. The van der Waals surface area contributed by atoms with E-state index in [0.717, 1.165) is 13.0 Å². The van der Waals surface area contributed by atoms with Crippen LogP contribution in [0.3, 0.4) is 0 Å². The molecule has 0 aliphatic carbocycles. The summed E-state index contributed by atoms with van der Waals surface area (Å²) in [5.41, 5.74) is -0.276. The maximum atomic E-state index is 10.6. The molecule has 0 saturated carbocycles. The second kappa shape index (κ2) is 5.22. The topological polar surface area (TPSA) is 49.3 Å². The van der Waals surface area contributed by atoms with Gasteiger partial charge in [-0.15, -0.1) is 0 Å². The predicted molar refractivity (Wildman–Crippen MR) is 53.8 cm³/mol. The lowest BCUT2D eigenvalue weighted by Gasteiger charge is -2.33. The average molecular weight is 187 g/mol. The molecule has 0 rings (SSSR count). The zero-order valence-corrected chi connectivity index (χ0v) is 9.05. The summed E-state index contributed by atoms with van der Waals surface area (Å²) in [5.74, 6) is -0.407. The molecule has 78 valence electrons. The molecular weight excluding hydrogens is 166 g/mol. The van der Waals surface area contributed by atoms with Gasteiger partial charge in [0.1, 0.15) is 0 Å². The molecule has 0 aliphatic rings. The highest BCUT2D eigenvalue weighted by Crippen LogP contribution is 2.20. The molecule has 1 unspecified atom stereocenters. The SMILES string of the molecule is CCCNC(C)(CC(=O)O)C(C)C. The molecule has 3 nitrogen and oxygen atoms in total. The van der Waals surface area contributed by atoms with Crippen molar-refractivity contribution in [2.24, 2.45) is 5.92 Å². The van der Waals surface area contributed by atoms with Crippen LogP contribution in [0.4, 0.5) is 0 Å². The number of carboxylic acids is 1. The molecule has 0 heterocycles. The van der Waals surface area contributed by atoms with E-state index in [1.165, 1.54) is 0 Å². The van der Waals surface area contributed by atoms with Crippen molar-refractivity contribution in [2.75, 3.05) is 6.54 Å². The van der Waals surface area contributed by atoms with Crippen LogP contribution in [0, 0.1) is 5.92 Å². The molecule has 0 aromatic rings. The maximum Gasteiger partial charge on any atom is 0.305 e. The van der Waals surface area contributed by atoms with Gasteiger partial charge in [0.05, 0.1) is 6.42 Å². The van der Waals surface area contributed by atoms with Crippen molar-refractivity contribution in [1.82, 2.24) is 5.32 Å². The summed E-state index contributed by atoms with van der Waals surface area (Å²) in [7, 11) is 0. The minimum Gasteiger partial charge on any atom is -0.481 e. The Morgan fingerprint density at radius 2 is 2.08 bits per heavy atom. The Morgan fingerprint density at radius 3 is 2.38 bits per heavy atom. The van der Waals surface area contributed by atoms with Crippen molar-refractivity contribution >= 4 is 5.97 Å². The summed E-state index contributed by atoms with van der Waals surface area (Å²) in [6.07, 6.45) is 1.21. The normalized spacial score (nSPS) is 15.8. The summed E-state index contributed by atoms with van der Waals surface area (Å²) < 4.78 is 0. The molecule has 0 aromatic carbocycles. The molecule has 13 heavy (non-hydrogen) atoms. The van der Waals surface area contributed by atoms with Crippen LogP contribution in [0.1, 0.15) is 40.5 Å². The van der Waals surface area contributed by atoms with Gasteiger partial charge in [-0.3, -0.25) is 4.79 Å². The number of aliphatic carboxylic acids is 1. The van der Waals surface area contributed by atoms with E-state index < -0.39 is 5.97 Å². The fourth-order valence-corrected chi connectivity index (χ4v) is 1.20. The first kappa shape index (κ1) is 12.4. The van der Waals surface area contributed by atoms with Gasteiger partial charge in [-0.2, -0.15) is 0 Å².